The minimum Gasteiger partial charge on any atom is -0.437 e. The molecule has 9 aromatic heterocycles. The second-order valence-corrected chi connectivity index (χ2v) is 28.4. The molecule has 0 radical (unpaired) electrons. The Morgan fingerprint density at radius 1 is 0.416 bits per heavy atom. The van der Waals surface area contributed by atoms with Gasteiger partial charge in [-0.25, -0.2) is 47.8 Å². The van der Waals surface area contributed by atoms with Gasteiger partial charge in [0.2, 0.25) is 5.71 Å². The number of nitrogens with zero attached hydrogens (tertiary/aromatic N) is 17. The van der Waals surface area contributed by atoms with Crippen molar-refractivity contribution < 1.29 is 22.7 Å². The maximum atomic E-state index is 6.33. The van der Waals surface area contributed by atoms with E-state index in [9.17, 15) is 0 Å². The van der Waals surface area contributed by atoms with E-state index in [0.29, 0.717) is 48.4 Å². The summed E-state index contributed by atoms with van der Waals surface area (Å²) < 4.78 is 21.8. The van der Waals surface area contributed by atoms with Crippen LogP contribution in [0.4, 0.5) is 23.3 Å². The quantitative estimate of drug-likeness (QED) is 0.109. The molecule has 4 unspecified atom stereocenters. The number of pyridine rings is 5. The molecule has 0 bridgehead atoms. The molecular formula is C83H105N17O+4. The van der Waals surface area contributed by atoms with Crippen LogP contribution in [0.1, 0.15) is 94.3 Å². The van der Waals surface area contributed by atoms with Crippen molar-refractivity contribution in [3.05, 3.63) is 219 Å². The molecule has 524 valence electrons. The molecule has 4 aliphatic rings. The highest BCUT2D eigenvalue weighted by atomic mass is 16.3. The van der Waals surface area contributed by atoms with Crippen LogP contribution >= 0.6 is 0 Å². The summed E-state index contributed by atoms with van der Waals surface area (Å²) in [5, 5.41) is 3.44. The van der Waals surface area contributed by atoms with Crippen LogP contribution in [-0.2, 0) is 49.3 Å². The Kier molecular flexibility index (Phi) is 20.1. The van der Waals surface area contributed by atoms with Crippen molar-refractivity contribution in [1.82, 2.24) is 43.3 Å². The van der Waals surface area contributed by atoms with Gasteiger partial charge >= 0.3 is 0 Å². The van der Waals surface area contributed by atoms with E-state index in [0.717, 1.165) is 56.5 Å². The Hall–Kier alpha value is -10.6. The Balaban J connectivity index is 0.000000129. The Morgan fingerprint density at radius 3 is 1.29 bits per heavy atom. The molecule has 2 aromatic carbocycles. The highest BCUT2D eigenvalue weighted by Gasteiger charge is 2.38. The predicted molar refractivity (Wildman–Crippen MR) is 411 cm³/mol. The summed E-state index contributed by atoms with van der Waals surface area (Å²) in [5.74, 6) is 5.67. The van der Waals surface area contributed by atoms with Crippen molar-refractivity contribution in [2.45, 2.75) is 146 Å². The molecular weight excluding hydrogens is 1250 g/mol. The van der Waals surface area contributed by atoms with Gasteiger partial charge in [-0.3, -0.25) is 0 Å². The first-order chi connectivity index (χ1) is 48.4. The molecule has 0 fully saturated rings. The minimum absolute atomic E-state index is 0.261. The van der Waals surface area contributed by atoms with E-state index in [1.165, 1.54) is 50.9 Å². The molecule has 4 atom stereocenters. The molecule has 0 saturated heterocycles. The average Bonchev–Trinajstić information content (AvgIpc) is 1.56. The molecule has 0 spiro atoms. The van der Waals surface area contributed by atoms with Crippen molar-refractivity contribution in [1.29, 1.82) is 0 Å². The molecule has 11 aromatic rings. The zero-order valence-electron chi connectivity index (χ0n) is 63.3. The average molecular weight is 1360 g/mol. The van der Waals surface area contributed by atoms with Crippen LogP contribution in [-0.4, -0.2) is 92.1 Å². The maximum Gasteiger partial charge on any atom is 0.283 e. The van der Waals surface area contributed by atoms with Crippen LogP contribution < -0.4 is 37.9 Å². The summed E-state index contributed by atoms with van der Waals surface area (Å²) in [7, 11) is 14.8. The third-order valence-electron chi connectivity index (χ3n) is 20.8. The lowest BCUT2D eigenvalue weighted by atomic mass is 10.0. The number of fused-ring (bicyclic) bond motifs is 4. The number of hydrogen-bond donors (Lipinski definition) is 0. The minimum atomic E-state index is 0.261. The monoisotopic (exact) mass is 1360 g/mol. The van der Waals surface area contributed by atoms with E-state index in [1.807, 2.05) is 37.0 Å². The van der Waals surface area contributed by atoms with Crippen LogP contribution in [0, 0.1) is 13.8 Å². The van der Waals surface area contributed by atoms with Crippen LogP contribution in [0.3, 0.4) is 0 Å². The number of aryl methyl sites for hydroxylation is 5. The summed E-state index contributed by atoms with van der Waals surface area (Å²) in [4.78, 5) is 27.8. The normalized spacial score (nSPS) is 17.2. The van der Waals surface area contributed by atoms with Crippen LogP contribution in [0.15, 0.2) is 212 Å². The molecule has 0 amide bonds. The Labute approximate surface area is 598 Å². The summed E-state index contributed by atoms with van der Waals surface area (Å²) in [6.45, 7) is 30.9. The highest BCUT2D eigenvalue weighted by Crippen LogP contribution is 2.38. The first-order valence-electron chi connectivity index (χ1n) is 35.7. The van der Waals surface area contributed by atoms with E-state index >= 15 is 0 Å². The summed E-state index contributed by atoms with van der Waals surface area (Å²) in [6.07, 6.45) is 24.5. The van der Waals surface area contributed by atoms with E-state index in [1.54, 1.807) is 0 Å². The molecule has 0 saturated carbocycles. The van der Waals surface area contributed by atoms with E-state index in [4.69, 9.17) is 4.42 Å². The second-order valence-electron chi connectivity index (χ2n) is 28.4. The number of anilines is 4. The summed E-state index contributed by atoms with van der Waals surface area (Å²) >= 11 is 0. The lowest BCUT2D eigenvalue weighted by Gasteiger charge is -2.28. The largest absolute Gasteiger partial charge is 0.437 e. The van der Waals surface area contributed by atoms with Crippen molar-refractivity contribution in [3.8, 4) is 45.6 Å². The van der Waals surface area contributed by atoms with Gasteiger partial charge in [0.1, 0.15) is 36.1 Å². The standard InChI is InChI=1S/C26H29N4O.C22H27N4.C18H25N4.C17H24N5/c1-16(2)29-14-15-30(19(29)5)23-9-7-8-22(28(23)6)24-17(3)10-12-20-21-13-11-18(4)27-26(21)31-25(20)24;1-16(2)25-13-14-26(17(25)3)22-12-8-11-20(24(22)5)21-15-18-9-6-7-10-19(18)23(21)4;1-14(2)21-12-13-22(15(21)3)18-10-6-8-17(20(18)5)16-9-7-11-19(16)4;1-13(2)21-11-12-22(14(21)3)16-8-6-7-15(20(16)5)17-18-9-10-19(17)4/h7-16,19H,1-6H3;6-17H,1-5H3;6-15H,1-5H3;6-14H,1-5H3/q4*+1. The number of hydrogen-bond acceptors (Lipinski definition) is 11. The fourth-order valence-electron chi connectivity index (χ4n) is 15.1. The SMILES string of the molecule is CC(C)N1C=CN(c2cccc(-c3cc4ccccc4n3C)[n+]2C)C1C.CC(C)N1C=CN(c2cccc(-c3cccn3C)[n+]2C)C1C.CC(C)N1C=CN(c2cccc(-c3nccn3C)[n+]2C)C1C.Cc1ccc2c(n1)oc1c(-c3cccc(N4C=CN(C(C)C)C4C)[n+]3C)c(C)ccc12. The number of para-hydroxylation sites is 1. The number of furan rings is 1. The van der Waals surface area contributed by atoms with Crippen molar-refractivity contribution >= 4 is 56.2 Å². The van der Waals surface area contributed by atoms with Gasteiger partial charge < -0.3 is 37.7 Å². The first-order valence-corrected chi connectivity index (χ1v) is 35.7. The van der Waals surface area contributed by atoms with Crippen LogP contribution in [0.5, 0.6) is 0 Å². The first kappa shape index (κ1) is 70.3. The zero-order chi connectivity index (χ0) is 72.0. The summed E-state index contributed by atoms with van der Waals surface area (Å²) in [5.41, 5.74) is 13.2. The number of rotatable bonds is 12. The van der Waals surface area contributed by atoms with Gasteiger partial charge in [-0.2, -0.15) is 0 Å². The van der Waals surface area contributed by atoms with Gasteiger partial charge in [-0.05, 0) is 187 Å². The molecule has 15 rings (SSSR count). The molecule has 13 heterocycles. The lowest BCUT2D eigenvalue weighted by molar-refractivity contribution is -0.648. The molecule has 18 heteroatoms. The third kappa shape index (κ3) is 13.3. The highest BCUT2D eigenvalue weighted by molar-refractivity contribution is 6.08. The van der Waals surface area contributed by atoms with E-state index < -0.39 is 0 Å². The van der Waals surface area contributed by atoms with Crippen molar-refractivity contribution in [2.75, 3.05) is 19.6 Å². The summed E-state index contributed by atoms with van der Waals surface area (Å²) in [6, 6.07) is 51.3. The second kappa shape index (κ2) is 28.9. The number of benzene rings is 2. The third-order valence-corrected chi connectivity index (χ3v) is 20.8. The van der Waals surface area contributed by atoms with Crippen LogP contribution in [0.2, 0.25) is 0 Å². The molecule has 0 aliphatic carbocycles. The Morgan fingerprint density at radius 2 is 0.851 bits per heavy atom. The fraction of sp³-hybridized carbons (Fsp3) is 0.349. The van der Waals surface area contributed by atoms with Gasteiger partial charge in [-0.15, -0.1) is 0 Å². The van der Waals surface area contributed by atoms with Crippen LogP contribution in [0.25, 0.3) is 78.5 Å². The lowest BCUT2D eigenvalue weighted by Crippen LogP contribution is -2.46. The zero-order valence-corrected chi connectivity index (χ0v) is 63.3. The van der Waals surface area contributed by atoms with Crippen molar-refractivity contribution in [3.63, 3.8) is 0 Å². The van der Waals surface area contributed by atoms with E-state index in [2.05, 4.69) is 398 Å². The molecule has 18 nitrogen and oxygen atoms in total. The Bertz CT molecular complexity index is 4800. The topological polar surface area (TPSA) is 95.1 Å². The predicted octanol–water partition coefficient (Wildman–Crippen LogP) is 14.6. The number of imidazole rings is 1. The smallest absolute Gasteiger partial charge is 0.283 e. The van der Waals surface area contributed by atoms with Gasteiger partial charge in [-0.1, -0.05) is 30.3 Å². The van der Waals surface area contributed by atoms with Gasteiger partial charge in [0, 0.05) is 140 Å². The van der Waals surface area contributed by atoms with Gasteiger partial charge in [0.25, 0.3) is 23.3 Å². The van der Waals surface area contributed by atoms with E-state index in [-0.39, 0.29) is 6.17 Å². The van der Waals surface area contributed by atoms with Gasteiger partial charge in [0.15, 0.2) is 47.6 Å². The molecule has 0 N–H and O–H groups in total. The molecule has 4 aliphatic heterocycles. The molecule has 101 heavy (non-hydrogen) atoms. The maximum absolute atomic E-state index is 6.33. The number of aromatic nitrogens is 9. The van der Waals surface area contributed by atoms with Crippen molar-refractivity contribution in [2.24, 2.45) is 49.3 Å². The fourth-order valence-corrected chi connectivity index (χ4v) is 15.1. The van der Waals surface area contributed by atoms with Gasteiger partial charge in [0.05, 0.1) is 45.1 Å².